The average molecular weight is 390 g/mol. The Morgan fingerprint density at radius 2 is 1.72 bits per heavy atom. The van der Waals surface area contributed by atoms with Crippen molar-refractivity contribution in [2.45, 2.75) is 13.3 Å². The molecule has 2 N–H and O–H groups in total. The van der Waals surface area contributed by atoms with Gasteiger partial charge in [-0.3, -0.25) is 14.6 Å². The van der Waals surface area contributed by atoms with Crippen LogP contribution < -0.4 is 15.5 Å². The Morgan fingerprint density at radius 1 is 1.00 bits per heavy atom. The van der Waals surface area contributed by atoms with E-state index in [2.05, 4.69) is 25.6 Å². The Hall–Kier alpha value is -3.81. The number of amides is 2. The zero-order chi connectivity index (χ0) is 20.6. The molecular weight excluding hydrogens is 368 g/mol. The number of aromatic nitrogens is 3. The van der Waals surface area contributed by atoms with Crippen LogP contribution in [0.25, 0.3) is 0 Å². The highest BCUT2D eigenvalue weighted by Gasteiger charge is 2.12. The van der Waals surface area contributed by atoms with Crippen LogP contribution in [0.3, 0.4) is 0 Å². The van der Waals surface area contributed by atoms with E-state index in [9.17, 15) is 9.59 Å². The molecule has 0 fully saturated rings. The molecule has 0 saturated carbocycles. The molecule has 0 aliphatic heterocycles. The molecule has 2 aromatic heterocycles. The number of anilines is 3. The molecular formula is C21H22N6O2. The SMILES string of the molecule is CC(=O)Nc1cccc(NC(=O)c2ccnc(N(C)CCc3ccncc3)n2)c1. The van der Waals surface area contributed by atoms with Crippen molar-refractivity contribution >= 4 is 29.1 Å². The maximum atomic E-state index is 12.6. The van der Waals surface area contributed by atoms with Gasteiger partial charge in [0, 0.05) is 50.5 Å². The highest BCUT2D eigenvalue weighted by Crippen LogP contribution is 2.16. The highest BCUT2D eigenvalue weighted by atomic mass is 16.2. The topological polar surface area (TPSA) is 100 Å². The van der Waals surface area contributed by atoms with Gasteiger partial charge in [-0.25, -0.2) is 9.97 Å². The van der Waals surface area contributed by atoms with Gasteiger partial charge in [-0.2, -0.15) is 0 Å². The van der Waals surface area contributed by atoms with E-state index >= 15 is 0 Å². The van der Waals surface area contributed by atoms with Gasteiger partial charge < -0.3 is 15.5 Å². The predicted octanol–water partition coefficient (Wildman–Crippen LogP) is 2.76. The Bertz CT molecular complexity index is 993. The molecule has 0 saturated heterocycles. The molecule has 0 spiro atoms. The van der Waals surface area contributed by atoms with Crippen molar-refractivity contribution in [1.29, 1.82) is 0 Å². The van der Waals surface area contributed by atoms with E-state index in [1.807, 2.05) is 24.1 Å². The van der Waals surface area contributed by atoms with Gasteiger partial charge in [0.25, 0.3) is 5.91 Å². The van der Waals surface area contributed by atoms with Crippen LogP contribution in [0.15, 0.2) is 61.1 Å². The lowest BCUT2D eigenvalue weighted by atomic mass is 10.2. The molecule has 148 valence electrons. The fraction of sp³-hybridized carbons (Fsp3) is 0.190. The number of carbonyl (C=O) groups excluding carboxylic acids is 2. The number of benzene rings is 1. The second-order valence-corrected chi connectivity index (χ2v) is 6.49. The Morgan fingerprint density at radius 3 is 2.45 bits per heavy atom. The van der Waals surface area contributed by atoms with Gasteiger partial charge in [-0.1, -0.05) is 6.07 Å². The van der Waals surface area contributed by atoms with Crippen LogP contribution in [-0.4, -0.2) is 40.4 Å². The lowest BCUT2D eigenvalue weighted by molar-refractivity contribution is -0.114. The largest absolute Gasteiger partial charge is 0.344 e. The van der Waals surface area contributed by atoms with Crippen LogP contribution in [0.2, 0.25) is 0 Å². The van der Waals surface area contributed by atoms with Crippen molar-refractivity contribution in [1.82, 2.24) is 15.0 Å². The van der Waals surface area contributed by atoms with E-state index in [1.165, 1.54) is 12.5 Å². The summed E-state index contributed by atoms with van der Waals surface area (Å²) in [6.07, 6.45) is 5.90. The summed E-state index contributed by atoms with van der Waals surface area (Å²) in [4.78, 5) is 38.3. The zero-order valence-electron chi connectivity index (χ0n) is 16.3. The van der Waals surface area contributed by atoms with Gasteiger partial charge in [0.15, 0.2) is 0 Å². The third kappa shape index (κ3) is 5.83. The van der Waals surface area contributed by atoms with Gasteiger partial charge in [0.2, 0.25) is 11.9 Å². The molecule has 29 heavy (non-hydrogen) atoms. The number of carbonyl (C=O) groups is 2. The van der Waals surface area contributed by atoms with E-state index in [0.29, 0.717) is 23.9 Å². The fourth-order valence-corrected chi connectivity index (χ4v) is 2.68. The van der Waals surface area contributed by atoms with Crippen LogP contribution >= 0.6 is 0 Å². The Balaban J connectivity index is 1.65. The summed E-state index contributed by atoms with van der Waals surface area (Å²) in [7, 11) is 1.88. The van der Waals surface area contributed by atoms with Crippen molar-refractivity contribution < 1.29 is 9.59 Å². The number of rotatable bonds is 7. The van der Waals surface area contributed by atoms with Gasteiger partial charge in [0.05, 0.1) is 0 Å². The molecule has 3 aromatic rings. The van der Waals surface area contributed by atoms with Gasteiger partial charge in [-0.15, -0.1) is 0 Å². The molecule has 2 amide bonds. The second-order valence-electron chi connectivity index (χ2n) is 6.49. The molecule has 8 heteroatoms. The third-order valence-corrected chi connectivity index (χ3v) is 4.14. The summed E-state index contributed by atoms with van der Waals surface area (Å²) in [5.41, 5.74) is 2.59. The molecule has 0 atom stereocenters. The first-order chi connectivity index (χ1) is 14.0. The minimum Gasteiger partial charge on any atom is -0.344 e. The highest BCUT2D eigenvalue weighted by molar-refractivity contribution is 6.03. The zero-order valence-corrected chi connectivity index (χ0v) is 16.3. The lowest BCUT2D eigenvalue weighted by Gasteiger charge is -2.17. The molecule has 0 aliphatic rings. The van der Waals surface area contributed by atoms with E-state index in [1.54, 1.807) is 48.9 Å². The molecule has 0 radical (unpaired) electrons. The maximum absolute atomic E-state index is 12.6. The first-order valence-electron chi connectivity index (χ1n) is 9.13. The molecule has 8 nitrogen and oxygen atoms in total. The van der Waals surface area contributed by atoms with Crippen LogP contribution in [0.4, 0.5) is 17.3 Å². The number of hydrogen-bond donors (Lipinski definition) is 2. The Labute approximate surface area is 169 Å². The van der Waals surface area contributed by atoms with Gasteiger partial charge in [0.1, 0.15) is 5.69 Å². The van der Waals surface area contributed by atoms with Gasteiger partial charge in [-0.05, 0) is 48.4 Å². The molecule has 0 bridgehead atoms. The summed E-state index contributed by atoms with van der Waals surface area (Å²) in [5.74, 6) is -0.0569. The van der Waals surface area contributed by atoms with Crippen molar-refractivity contribution in [3.8, 4) is 0 Å². The number of nitrogens with one attached hydrogen (secondary N) is 2. The normalized spacial score (nSPS) is 10.3. The fourth-order valence-electron chi connectivity index (χ4n) is 2.68. The van der Waals surface area contributed by atoms with Crippen LogP contribution in [0, 0.1) is 0 Å². The van der Waals surface area contributed by atoms with Crippen LogP contribution in [0.1, 0.15) is 23.0 Å². The number of pyridine rings is 1. The summed E-state index contributed by atoms with van der Waals surface area (Å²) in [6, 6.07) is 12.4. The number of nitrogens with zero attached hydrogens (tertiary/aromatic N) is 4. The van der Waals surface area contributed by atoms with E-state index < -0.39 is 0 Å². The van der Waals surface area contributed by atoms with Crippen LogP contribution in [0.5, 0.6) is 0 Å². The summed E-state index contributed by atoms with van der Waals surface area (Å²) in [6.45, 7) is 2.13. The maximum Gasteiger partial charge on any atom is 0.274 e. The predicted molar refractivity (Wildman–Crippen MR) is 112 cm³/mol. The minimum atomic E-state index is -0.351. The number of hydrogen-bond acceptors (Lipinski definition) is 6. The average Bonchev–Trinajstić information content (AvgIpc) is 2.72. The van der Waals surface area contributed by atoms with Crippen molar-refractivity contribution in [2.24, 2.45) is 0 Å². The first-order valence-corrected chi connectivity index (χ1v) is 9.13. The molecule has 1 aromatic carbocycles. The first kappa shape index (κ1) is 19.9. The lowest BCUT2D eigenvalue weighted by Crippen LogP contribution is -2.24. The summed E-state index contributed by atoms with van der Waals surface area (Å²) < 4.78 is 0. The monoisotopic (exact) mass is 390 g/mol. The van der Waals surface area contributed by atoms with Crippen molar-refractivity contribution in [2.75, 3.05) is 29.1 Å². The van der Waals surface area contributed by atoms with Crippen molar-refractivity contribution in [3.05, 3.63) is 72.3 Å². The quantitative estimate of drug-likeness (QED) is 0.643. The van der Waals surface area contributed by atoms with E-state index in [0.717, 1.165) is 6.42 Å². The minimum absolute atomic E-state index is 0.177. The third-order valence-electron chi connectivity index (χ3n) is 4.14. The standard InChI is InChI=1S/C21H22N6O2/c1-15(28)24-17-4-3-5-18(14-17)25-20(29)19-8-12-23-21(26-19)27(2)13-9-16-6-10-22-11-7-16/h3-8,10-12,14H,9,13H2,1-2H3,(H,24,28)(H,25,29). The van der Waals surface area contributed by atoms with E-state index in [4.69, 9.17) is 0 Å². The molecule has 0 aliphatic carbocycles. The molecule has 3 rings (SSSR count). The summed E-state index contributed by atoms with van der Waals surface area (Å²) in [5, 5.41) is 5.47. The second kappa shape index (κ2) is 9.41. The molecule has 0 unspecified atom stereocenters. The number of likely N-dealkylation sites (N-methyl/N-ethyl adjacent to an activating group) is 1. The van der Waals surface area contributed by atoms with Crippen LogP contribution in [-0.2, 0) is 11.2 Å². The van der Waals surface area contributed by atoms with E-state index in [-0.39, 0.29) is 17.5 Å². The smallest absolute Gasteiger partial charge is 0.274 e. The molecule has 2 heterocycles. The van der Waals surface area contributed by atoms with Crippen molar-refractivity contribution in [3.63, 3.8) is 0 Å². The van der Waals surface area contributed by atoms with Gasteiger partial charge >= 0.3 is 0 Å². The summed E-state index contributed by atoms with van der Waals surface area (Å²) >= 11 is 0. The Kier molecular flexibility index (Phi) is 6.47.